The lowest BCUT2D eigenvalue weighted by Gasteiger charge is -2.46. The van der Waals surface area contributed by atoms with E-state index in [1.807, 2.05) is 26.8 Å². The SMILES string of the molecule is CC.CCS(C)(OCc1cccc(-c2c(C)cc3c(c2C)C(=O)CO3)c1)C(C)(C)C. The third-order valence-electron chi connectivity index (χ3n) is 5.92. The smallest absolute Gasteiger partial charge is 0.204 e. The highest BCUT2D eigenvalue weighted by molar-refractivity contribution is 8.30. The fraction of sp³-hybridized carbons (Fsp3) is 0.500. The molecule has 0 bridgehead atoms. The number of aryl methyl sites for hydroxylation is 1. The fourth-order valence-corrected chi connectivity index (χ4v) is 5.56. The summed E-state index contributed by atoms with van der Waals surface area (Å²) in [6.07, 6.45) is 2.28. The van der Waals surface area contributed by atoms with Gasteiger partial charge in [0.15, 0.2) is 6.61 Å². The Balaban J connectivity index is 0.00000155. The Kier molecular flexibility index (Phi) is 7.81. The molecule has 0 aliphatic carbocycles. The van der Waals surface area contributed by atoms with Gasteiger partial charge in [-0.2, -0.15) is 0 Å². The normalized spacial score (nSPS) is 16.1. The Labute approximate surface area is 184 Å². The molecular formula is C26H38O3S. The number of carbonyl (C=O) groups excluding carboxylic acids is 1. The Morgan fingerprint density at radius 2 is 1.77 bits per heavy atom. The summed E-state index contributed by atoms with van der Waals surface area (Å²) in [5.41, 5.74) is 6.29. The van der Waals surface area contributed by atoms with Crippen molar-refractivity contribution in [3.8, 4) is 16.9 Å². The Morgan fingerprint density at radius 1 is 1.10 bits per heavy atom. The van der Waals surface area contributed by atoms with Crippen molar-refractivity contribution >= 4 is 16.1 Å². The first-order chi connectivity index (χ1) is 14.1. The quantitative estimate of drug-likeness (QED) is 0.501. The summed E-state index contributed by atoms with van der Waals surface area (Å²) in [5, 5.41) is 0. The lowest BCUT2D eigenvalue weighted by molar-refractivity contribution is 0.0960. The van der Waals surface area contributed by atoms with Crippen LogP contribution in [0.25, 0.3) is 11.1 Å². The van der Waals surface area contributed by atoms with Crippen molar-refractivity contribution in [2.75, 3.05) is 18.6 Å². The van der Waals surface area contributed by atoms with Gasteiger partial charge in [0.25, 0.3) is 0 Å². The molecular weight excluding hydrogens is 392 g/mol. The summed E-state index contributed by atoms with van der Waals surface area (Å²) >= 11 is 0. The molecule has 2 aromatic rings. The summed E-state index contributed by atoms with van der Waals surface area (Å²) in [6.45, 7) is 17.9. The molecule has 0 amide bonds. The molecule has 166 valence electrons. The van der Waals surface area contributed by atoms with Crippen LogP contribution in [0.4, 0.5) is 0 Å². The molecule has 1 aliphatic rings. The zero-order valence-electron chi connectivity index (χ0n) is 20.1. The van der Waals surface area contributed by atoms with Gasteiger partial charge in [0, 0.05) is 4.75 Å². The van der Waals surface area contributed by atoms with Gasteiger partial charge < -0.3 is 8.92 Å². The largest absolute Gasteiger partial charge is 0.485 e. The fourth-order valence-electron chi connectivity index (χ4n) is 3.77. The van der Waals surface area contributed by atoms with Gasteiger partial charge in [-0.3, -0.25) is 4.79 Å². The molecule has 30 heavy (non-hydrogen) atoms. The zero-order valence-corrected chi connectivity index (χ0v) is 21.0. The summed E-state index contributed by atoms with van der Waals surface area (Å²) in [5.74, 6) is 1.83. The van der Waals surface area contributed by atoms with E-state index in [9.17, 15) is 4.79 Å². The predicted octanol–water partition coefficient (Wildman–Crippen LogP) is 7.26. The van der Waals surface area contributed by atoms with Gasteiger partial charge in [0.2, 0.25) is 5.78 Å². The topological polar surface area (TPSA) is 35.5 Å². The van der Waals surface area contributed by atoms with Crippen LogP contribution >= 0.6 is 10.3 Å². The molecule has 1 heterocycles. The highest BCUT2D eigenvalue weighted by Gasteiger charge is 2.32. The van der Waals surface area contributed by atoms with Crippen molar-refractivity contribution in [1.82, 2.24) is 0 Å². The van der Waals surface area contributed by atoms with Crippen molar-refractivity contribution < 1.29 is 13.7 Å². The van der Waals surface area contributed by atoms with E-state index in [1.165, 1.54) is 0 Å². The minimum Gasteiger partial charge on any atom is -0.485 e. The standard InChI is InChI=1S/C24H32O3S.C2H6/c1-8-28(7,24(4,5)6)27-14-18-10-9-11-19(13-18)22-16(2)12-21-23(17(22)3)20(25)15-26-21;1-2/h9-13H,8,14-15H2,1-7H3;1-2H3. The zero-order chi connectivity index (χ0) is 22.7. The third kappa shape index (κ3) is 4.76. The van der Waals surface area contributed by atoms with Gasteiger partial charge in [-0.15, -0.1) is 10.3 Å². The van der Waals surface area contributed by atoms with Gasteiger partial charge >= 0.3 is 0 Å². The maximum atomic E-state index is 12.2. The lowest BCUT2D eigenvalue weighted by atomic mass is 9.90. The van der Waals surface area contributed by atoms with E-state index in [4.69, 9.17) is 8.92 Å². The Bertz CT molecular complexity index is 911. The molecule has 0 fully saturated rings. The van der Waals surface area contributed by atoms with Crippen LogP contribution in [0.15, 0.2) is 30.3 Å². The number of ketones is 1. The first-order valence-electron chi connectivity index (χ1n) is 10.9. The highest BCUT2D eigenvalue weighted by atomic mass is 32.3. The number of hydrogen-bond donors (Lipinski definition) is 0. The molecule has 0 radical (unpaired) electrons. The van der Waals surface area contributed by atoms with Crippen LogP contribution < -0.4 is 4.74 Å². The average molecular weight is 431 g/mol. The van der Waals surface area contributed by atoms with Crippen molar-refractivity contribution in [2.24, 2.45) is 0 Å². The molecule has 4 heteroatoms. The van der Waals surface area contributed by atoms with Crippen LogP contribution in [0.2, 0.25) is 0 Å². The van der Waals surface area contributed by atoms with E-state index in [-0.39, 0.29) is 17.1 Å². The van der Waals surface area contributed by atoms with Crippen molar-refractivity contribution in [3.63, 3.8) is 0 Å². The van der Waals surface area contributed by atoms with E-state index in [0.29, 0.717) is 6.61 Å². The molecule has 0 N–H and O–H groups in total. The highest BCUT2D eigenvalue weighted by Crippen LogP contribution is 2.57. The number of rotatable bonds is 5. The van der Waals surface area contributed by atoms with Gasteiger partial charge in [0.1, 0.15) is 5.75 Å². The summed E-state index contributed by atoms with van der Waals surface area (Å²) in [7, 11) is -1.16. The first kappa shape index (κ1) is 24.5. The van der Waals surface area contributed by atoms with Crippen molar-refractivity contribution in [2.45, 2.75) is 66.7 Å². The molecule has 3 rings (SSSR count). The molecule has 3 nitrogen and oxygen atoms in total. The van der Waals surface area contributed by atoms with E-state index < -0.39 is 10.3 Å². The number of fused-ring (bicyclic) bond motifs is 1. The molecule has 0 spiro atoms. The lowest BCUT2D eigenvalue weighted by Crippen LogP contribution is -2.27. The van der Waals surface area contributed by atoms with E-state index in [0.717, 1.165) is 44.9 Å². The van der Waals surface area contributed by atoms with Gasteiger partial charge in [-0.05, 0) is 65.8 Å². The maximum absolute atomic E-state index is 12.2. The number of benzene rings is 2. The minimum absolute atomic E-state index is 0.0701. The first-order valence-corrected chi connectivity index (χ1v) is 13.0. The summed E-state index contributed by atoms with van der Waals surface area (Å²) < 4.78 is 12.2. The summed E-state index contributed by atoms with van der Waals surface area (Å²) in [6, 6.07) is 10.5. The van der Waals surface area contributed by atoms with Crippen LogP contribution in [0, 0.1) is 13.8 Å². The van der Waals surface area contributed by atoms with Crippen LogP contribution in [0.3, 0.4) is 0 Å². The maximum Gasteiger partial charge on any atom is 0.204 e. The summed E-state index contributed by atoms with van der Waals surface area (Å²) in [4.78, 5) is 12.2. The average Bonchev–Trinajstić information content (AvgIpc) is 3.07. The second-order valence-corrected chi connectivity index (χ2v) is 12.7. The van der Waals surface area contributed by atoms with Gasteiger partial charge in [0.05, 0.1) is 12.2 Å². The molecule has 0 saturated carbocycles. The van der Waals surface area contributed by atoms with Crippen molar-refractivity contribution in [3.05, 3.63) is 52.6 Å². The number of Topliss-reactive ketones (excluding diaryl/α,β-unsaturated/α-hetero) is 1. The molecule has 1 unspecified atom stereocenters. The third-order valence-corrected chi connectivity index (χ3v) is 10.3. The molecule has 0 aromatic heterocycles. The van der Waals surface area contributed by atoms with Gasteiger partial charge in [-0.1, -0.05) is 59.7 Å². The molecule has 2 aromatic carbocycles. The Morgan fingerprint density at radius 3 is 2.37 bits per heavy atom. The van der Waals surface area contributed by atoms with E-state index in [2.05, 4.69) is 65.1 Å². The second kappa shape index (κ2) is 9.57. The van der Waals surface area contributed by atoms with Crippen LogP contribution in [0.1, 0.15) is 68.6 Å². The molecule has 1 atom stereocenters. The Hall–Kier alpha value is -1.78. The predicted molar refractivity (Wildman–Crippen MR) is 131 cm³/mol. The van der Waals surface area contributed by atoms with Gasteiger partial charge in [-0.25, -0.2) is 0 Å². The van der Waals surface area contributed by atoms with Crippen LogP contribution in [-0.4, -0.2) is 29.1 Å². The number of carbonyl (C=O) groups is 1. The van der Waals surface area contributed by atoms with Crippen molar-refractivity contribution in [1.29, 1.82) is 0 Å². The van der Waals surface area contributed by atoms with E-state index >= 15 is 0 Å². The van der Waals surface area contributed by atoms with E-state index in [1.54, 1.807) is 0 Å². The molecule has 1 aliphatic heterocycles. The number of ether oxygens (including phenoxy) is 1. The second-order valence-electron chi connectivity index (χ2n) is 8.65. The monoisotopic (exact) mass is 430 g/mol. The van der Waals surface area contributed by atoms with Crippen LogP contribution in [0.5, 0.6) is 5.75 Å². The van der Waals surface area contributed by atoms with Crippen LogP contribution in [-0.2, 0) is 10.8 Å². The number of hydrogen-bond acceptors (Lipinski definition) is 3. The minimum atomic E-state index is -1.16. The molecule has 0 saturated heterocycles.